The molecule has 0 radical (unpaired) electrons. The Hall–Kier alpha value is -2.34. The van der Waals surface area contributed by atoms with Crippen LogP contribution in [0.4, 0.5) is 4.79 Å². The minimum atomic E-state index is -0.744. The zero-order valence-electron chi connectivity index (χ0n) is 20.3. The molecule has 2 atom stereocenters. The Labute approximate surface area is 205 Å². The lowest BCUT2D eigenvalue weighted by atomic mass is 10.2. The van der Waals surface area contributed by atoms with E-state index in [9.17, 15) is 14.4 Å². The van der Waals surface area contributed by atoms with Crippen molar-refractivity contribution >= 4 is 29.7 Å². The Morgan fingerprint density at radius 3 is 2.32 bits per heavy atom. The summed E-state index contributed by atoms with van der Waals surface area (Å²) in [6.07, 6.45) is -0.607. The van der Waals surface area contributed by atoms with Crippen molar-refractivity contribution in [2.75, 3.05) is 45.9 Å². The van der Waals surface area contributed by atoms with Gasteiger partial charge >= 0.3 is 6.09 Å². The topological polar surface area (TPSA) is 124 Å². The molecule has 1 aromatic carbocycles. The van der Waals surface area contributed by atoms with Crippen molar-refractivity contribution in [2.45, 2.75) is 44.8 Å². The first-order chi connectivity index (χ1) is 16.4. The molecule has 0 bridgehead atoms. The largest absolute Gasteiger partial charge is 0.445 e. The molecule has 3 N–H and O–H groups in total. The first-order valence-corrected chi connectivity index (χ1v) is 12.3. The molecule has 10 nitrogen and oxygen atoms in total. The maximum Gasteiger partial charge on any atom is 0.407 e. The van der Waals surface area contributed by atoms with E-state index in [-0.39, 0.29) is 31.7 Å². The number of amides is 3. The maximum atomic E-state index is 12.8. The quantitative estimate of drug-likeness (QED) is 0.218. The average molecular weight is 500 g/mol. The standard InChI is InChI=1S/C23H37N3O7S/c1-5-34-12-11-19(22(28)24-14-18(30-2)13-21(31-3)32-4)26-20(27)15-25-23(29)33-16-17-9-7-6-8-10-17/h6-10,18-19,21H,5,11-16H2,1-4H3,(H,24,28)(H,25,29)(H,26,27). The fraction of sp³-hybridized carbons (Fsp3) is 0.609. The molecule has 0 aliphatic carbocycles. The molecule has 0 aliphatic rings. The summed E-state index contributed by atoms with van der Waals surface area (Å²) in [5.74, 6) is 0.786. The van der Waals surface area contributed by atoms with Gasteiger partial charge in [0.25, 0.3) is 0 Å². The number of alkyl carbamates (subject to hydrolysis) is 1. The van der Waals surface area contributed by atoms with Gasteiger partial charge in [0.2, 0.25) is 11.8 Å². The van der Waals surface area contributed by atoms with Crippen LogP contribution in [0.25, 0.3) is 0 Å². The SMILES string of the molecule is CCSCCC(NC(=O)CNC(=O)OCc1ccccc1)C(=O)NCC(CC(OC)OC)OC. The van der Waals surface area contributed by atoms with Crippen LogP contribution in [0.15, 0.2) is 30.3 Å². The normalized spacial score (nSPS) is 12.6. The number of hydrogen-bond acceptors (Lipinski definition) is 8. The molecule has 0 heterocycles. The lowest BCUT2D eigenvalue weighted by molar-refractivity contribution is -0.132. The monoisotopic (exact) mass is 499 g/mol. The van der Waals surface area contributed by atoms with Gasteiger partial charge in [-0.15, -0.1) is 0 Å². The van der Waals surface area contributed by atoms with Gasteiger partial charge in [-0.1, -0.05) is 37.3 Å². The summed E-state index contributed by atoms with van der Waals surface area (Å²) in [5.41, 5.74) is 0.837. The highest BCUT2D eigenvalue weighted by Crippen LogP contribution is 2.07. The molecular formula is C23H37N3O7S. The Balaban J connectivity index is 2.51. The van der Waals surface area contributed by atoms with Crippen molar-refractivity contribution in [3.63, 3.8) is 0 Å². The smallest absolute Gasteiger partial charge is 0.407 e. The molecule has 0 spiro atoms. The number of thioether (sulfide) groups is 1. The predicted molar refractivity (Wildman–Crippen MR) is 130 cm³/mol. The van der Waals surface area contributed by atoms with Crippen molar-refractivity contribution in [2.24, 2.45) is 0 Å². The number of carbonyl (C=O) groups excluding carboxylic acids is 3. The summed E-state index contributed by atoms with van der Waals surface area (Å²) in [6.45, 7) is 2.05. The lowest BCUT2D eigenvalue weighted by Crippen LogP contribution is -2.51. The fourth-order valence-electron chi connectivity index (χ4n) is 2.89. The van der Waals surface area contributed by atoms with E-state index in [1.54, 1.807) is 18.9 Å². The molecule has 11 heteroatoms. The van der Waals surface area contributed by atoms with Crippen molar-refractivity contribution in [1.82, 2.24) is 16.0 Å². The van der Waals surface area contributed by atoms with Crippen LogP contribution in [0.5, 0.6) is 0 Å². The molecule has 1 aromatic rings. The highest BCUT2D eigenvalue weighted by atomic mass is 32.2. The van der Waals surface area contributed by atoms with E-state index in [0.717, 1.165) is 11.3 Å². The Morgan fingerprint density at radius 1 is 1.00 bits per heavy atom. The van der Waals surface area contributed by atoms with E-state index < -0.39 is 24.3 Å². The second kappa shape index (κ2) is 18.0. The number of nitrogens with one attached hydrogen (secondary N) is 3. The third-order valence-electron chi connectivity index (χ3n) is 4.83. The molecule has 0 saturated carbocycles. The molecule has 192 valence electrons. The van der Waals surface area contributed by atoms with Gasteiger partial charge in [0, 0.05) is 34.3 Å². The third-order valence-corrected chi connectivity index (χ3v) is 5.76. The predicted octanol–water partition coefficient (Wildman–Crippen LogP) is 1.68. The summed E-state index contributed by atoms with van der Waals surface area (Å²) in [7, 11) is 4.60. The molecule has 1 rings (SSSR count). The van der Waals surface area contributed by atoms with E-state index in [1.807, 2.05) is 37.3 Å². The zero-order chi connectivity index (χ0) is 25.2. The van der Waals surface area contributed by atoms with Crippen LogP contribution >= 0.6 is 11.8 Å². The number of ether oxygens (including phenoxy) is 4. The number of hydrogen-bond donors (Lipinski definition) is 3. The lowest BCUT2D eigenvalue weighted by Gasteiger charge is -2.23. The summed E-state index contributed by atoms with van der Waals surface area (Å²) in [4.78, 5) is 37.0. The average Bonchev–Trinajstić information content (AvgIpc) is 2.86. The summed E-state index contributed by atoms with van der Waals surface area (Å²) in [6, 6.07) is 8.47. The second-order valence-electron chi connectivity index (χ2n) is 7.26. The van der Waals surface area contributed by atoms with Gasteiger partial charge in [0.15, 0.2) is 6.29 Å². The van der Waals surface area contributed by atoms with E-state index in [2.05, 4.69) is 16.0 Å². The highest BCUT2D eigenvalue weighted by molar-refractivity contribution is 7.99. The van der Waals surface area contributed by atoms with Crippen molar-refractivity contribution in [1.29, 1.82) is 0 Å². The van der Waals surface area contributed by atoms with Crippen LogP contribution < -0.4 is 16.0 Å². The van der Waals surface area contributed by atoms with Crippen molar-refractivity contribution in [3.8, 4) is 0 Å². The van der Waals surface area contributed by atoms with Crippen LogP contribution in [0.2, 0.25) is 0 Å². The molecule has 0 saturated heterocycles. The van der Waals surface area contributed by atoms with Gasteiger partial charge in [-0.2, -0.15) is 11.8 Å². The van der Waals surface area contributed by atoms with Gasteiger partial charge in [0.05, 0.1) is 6.10 Å². The highest BCUT2D eigenvalue weighted by Gasteiger charge is 2.23. The minimum Gasteiger partial charge on any atom is -0.445 e. The molecule has 0 fully saturated rings. The summed E-state index contributed by atoms with van der Waals surface area (Å²) < 4.78 is 20.8. The Bertz CT molecular complexity index is 720. The van der Waals surface area contributed by atoms with Crippen molar-refractivity contribution in [3.05, 3.63) is 35.9 Å². The molecule has 3 amide bonds. The fourth-order valence-corrected chi connectivity index (χ4v) is 3.58. The zero-order valence-corrected chi connectivity index (χ0v) is 21.2. The maximum absolute atomic E-state index is 12.8. The van der Waals surface area contributed by atoms with Crippen LogP contribution in [-0.4, -0.2) is 82.3 Å². The van der Waals surface area contributed by atoms with Gasteiger partial charge < -0.3 is 34.9 Å². The number of benzene rings is 1. The van der Waals surface area contributed by atoms with Gasteiger partial charge in [-0.05, 0) is 23.5 Å². The van der Waals surface area contributed by atoms with E-state index in [0.29, 0.717) is 18.6 Å². The van der Waals surface area contributed by atoms with Gasteiger partial charge in [0.1, 0.15) is 19.2 Å². The third kappa shape index (κ3) is 12.8. The van der Waals surface area contributed by atoms with E-state index >= 15 is 0 Å². The van der Waals surface area contributed by atoms with Crippen LogP contribution in [0, 0.1) is 0 Å². The van der Waals surface area contributed by atoms with Crippen LogP contribution in [-0.2, 0) is 35.1 Å². The summed E-state index contributed by atoms with van der Waals surface area (Å²) in [5, 5.41) is 7.90. The van der Waals surface area contributed by atoms with Gasteiger partial charge in [-0.25, -0.2) is 4.79 Å². The van der Waals surface area contributed by atoms with E-state index in [1.165, 1.54) is 14.2 Å². The second-order valence-corrected chi connectivity index (χ2v) is 8.65. The van der Waals surface area contributed by atoms with Crippen LogP contribution in [0.3, 0.4) is 0 Å². The first-order valence-electron chi connectivity index (χ1n) is 11.1. The number of rotatable bonds is 17. The Morgan fingerprint density at radius 2 is 1.71 bits per heavy atom. The number of methoxy groups -OCH3 is 3. The summed E-state index contributed by atoms with van der Waals surface area (Å²) >= 11 is 1.67. The molecule has 0 aromatic heterocycles. The Kier molecular flexibility index (Phi) is 15.8. The number of carbonyl (C=O) groups is 3. The van der Waals surface area contributed by atoms with Gasteiger partial charge in [-0.3, -0.25) is 9.59 Å². The minimum absolute atomic E-state index is 0.0984. The van der Waals surface area contributed by atoms with E-state index in [4.69, 9.17) is 18.9 Å². The molecule has 2 unspecified atom stereocenters. The molecular weight excluding hydrogens is 462 g/mol. The first kappa shape index (κ1) is 29.7. The van der Waals surface area contributed by atoms with Crippen LogP contribution in [0.1, 0.15) is 25.3 Å². The molecule has 34 heavy (non-hydrogen) atoms. The van der Waals surface area contributed by atoms with Crippen molar-refractivity contribution < 1.29 is 33.3 Å². The molecule has 0 aliphatic heterocycles.